The first-order valence-corrected chi connectivity index (χ1v) is 4.63. The molecular formula is C11H15N3. The van der Waals surface area contributed by atoms with Crippen molar-refractivity contribution in [2.75, 3.05) is 11.9 Å². The molecule has 0 aliphatic carbocycles. The smallest absolute Gasteiger partial charge is 0.0994 e. The summed E-state index contributed by atoms with van der Waals surface area (Å²) in [4.78, 5) is 0. The largest absolute Gasteiger partial charge is 0.383 e. The molecule has 14 heavy (non-hydrogen) atoms. The van der Waals surface area contributed by atoms with Crippen molar-refractivity contribution in [3.8, 4) is 6.07 Å². The summed E-state index contributed by atoms with van der Waals surface area (Å²) in [6, 6.07) is 7.94. The Morgan fingerprint density at radius 1 is 1.57 bits per heavy atom. The molecule has 0 saturated carbocycles. The van der Waals surface area contributed by atoms with E-state index in [1.54, 1.807) is 0 Å². The first kappa shape index (κ1) is 10.6. The van der Waals surface area contributed by atoms with Crippen molar-refractivity contribution < 1.29 is 0 Å². The molecule has 0 aromatic heterocycles. The molecule has 0 fully saturated rings. The van der Waals surface area contributed by atoms with E-state index in [9.17, 15) is 0 Å². The van der Waals surface area contributed by atoms with Crippen LogP contribution in [0.15, 0.2) is 18.2 Å². The average molecular weight is 189 g/mol. The first-order chi connectivity index (χ1) is 6.63. The predicted octanol–water partition coefficient (Wildman–Crippen LogP) is 1.63. The van der Waals surface area contributed by atoms with Gasteiger partial charge in [-0.05, 0) is 37.6 Å². The van der Waals surface area contributed by atoms with E-state index in [1.165, 1.54) is 0 Å². The topological polar surface area (TPSA) is 61.8 Å². The summed E-state index contributed by atoms with van der Waals surface area (Å²) >= 11 is 0. The van der Waals surface area contributed by atoms with Crippen LogP contribution in [0.2, 0.25) is 0 Å². The Hall–Kier alpha value is -1.53. The SMILES string of the molecule is Cc1cc(NCC(C)N)ccc1C#N. The molecule has 0 radical (unpaired) electrons. The van der Waals surface area contributed by atoms with Crippen LogP contribution in [0, 0.1) is 18.3 Å². The Morgan fingerprint density at radius 3 is 2.79 bits per heavy atom. The molecule has 0 heterocycles. The second-order valence-electron chi connectivity index (χ2n) is 3.50. The molecule has 0 saturated heterocycles. The third kappa shape index (κ3) is 2.75. The average Bonchev–Trinajstić information content (AvgIpc) is 2.15. The summed E-state index contributed by atoms with van der Waals surface area (Å²) in [6.45, 7) is 4.62. The normalized spacial score (nSPS) is 11.9. The molecule has 1 rings (SSSR count). The fraction of sp³-hybridized carbons (Fsp3) is 0.364. The Kier molecular flexibility index (Phi) is 3.49. The number of nitrogens with one attached hydrogen (secondary N) is 1. The monoisotopic (exact) mass is 189 g/mol. The molecule has 0 aliphatic heterocycles. The summed E-state index contributed by atoms with van der Waals surface area (Å²) in [6.07, 6.45) is 0. The highest BCUT2D eigenvalue weighted by molar-refractivity contribution is 5.51. The van der Waals surface area contributed by atoms with Gasteiger partial charge in [0.1, 0.15) is 0 Å². The van der Waals surface area contributed by atoms with E-state index in [-0.39, 0.29) is 6.04 Å². The van der Waals surface area contributed by atoms with Gasteiger partial charge in [0.25, 0.3) is 0 Å². The maximum absolute atomic E-state index is 8.74. The Bertz CT molecular complexity index is 350. The molecule has 0 aliphatic rings. The zero-order valence-corrected chi connectivity index (χ0v) is 8.54. The number of rotatable bonds is 3. The van der Waals surface area contributed by atoms with Gasteiger partial charge in [-0.3, -0.25) is 0 Å². The minimum atomic E-state index is 0.131. The lowest BCUT2D eigenvalue weighted by Crippen LogP contribution is -2.25. The van der Waals surface area contributed by atoms with E-state index < -0.39 is 0 Å². The highest BCUT2D eigenvalue weighted by Gasteiger charge is 1.99. The van der Waals surface area contributed by atoms with E-state index in [0.29, 0.717) is 0 Å². The highest BCUT2D eigenvalue weighted by atomic mass is 14.9. The lowest BCUT2D eigenvalue weighted by atomic mass is 10.1. The van der Waals surface area contributed by atoms with E-state index in [1.807, 2.05) is 32.0 Å². The molecule has 0 bridgehead atoms. The Balaban J connectivity index is 2.73. The van der Waals surface area contributed by atoms with Crippen LogP contribution in [0.5, 0.6) is 0 Å². The molecule has 1 aromatic rings. The van der Waals surface area contributed by atoms with Gasteiger partial charge in [-0.15, -0.1) is 0 Å². The molecule has 1 aromatic carbocycles. The van der Waals surface area contributed by atoms with Gasteiger partial charge in [-0.1, -0.05) is 0 Å². The number of hydrogen-bond acceptors (Lipinski definition) is 3. The second kappa shape index (κ2) is 4.64. The third-order valence-electron chi connectivity index (χ3n) is 1.98. The van der Waals surface area contributed by atoms with Crippen LogP contribution in [0.25, 0.3) is 0 Å². The summed E-state index contributed by atoms with van der Waals surface area (Å²) in [5, 5.41) is 11.9. The van der Waals surface area contributed by atoms with Crippen LogP contribution < -0.4 is 11.1 Å². The first-order valence-electron chi connectivity index (χ1n) is 4.63. The molecule has 1 atom stereocenters. The lowest BCUT2D eigenvalue weighted by Gasteiger charge is -2.09. The Morgan fingerprint density at radius 2 is 2.29 bits per heavy atom. The maximum atomic E-state index is 8.74. The fourth-order valence-electron chi connectivity index (χ4n) is 1.18. The predicted molar refractivity (Wildman–Crippen MR) is 58.0 cm³/mol. The van der Waals surface area contributed by atoms with Crippen LogP contribution in [-0.4, -0.2) is 12.6 Å². The van der Waals surface area contributed by atoms with Gasteiger partial charge < -0.3 is 11.1 Å². The third-order valence-corrected chi connectivity index (χ3v) is 1.98. The van der Waals surface area contributed by atoms with Crippen molar-refractivity contribution >= 4 is 5.69 Å². The minimum Gasteiger partial charge on any atom is -0.383 e. The van der Waals surface area contributed by atoms with E-state index in [4.69, 9.17) is 11.0 Å². The van der Waals surface area contributed by atoms with Crippen LogP contribution in [-0.2, 0) is 0 Å². The second-order valence-corrected chi connectivity index (χ2v) is 3.50. The summed E-state index contributed by atoms with van der Waals surface area (Å²) in [7, 11) is 0. The molecule has 3 N–H and O–H groups in total. The van der Waals surface area contributed by atoms with Crippen LogP contribution in [0.1, 0.15) is 18.1 Å². The summed E-state index contributed by atoms with van der Waals surface area (Å²) in [5.41, 5.74) is 8.34. The van der Waals surface area contributed by atoms with Crippen LogP contribution in [0.3, 0.4) is 0 Å². The van der Waals surface area contributed by atoms with Gasteiger partial charge >= 0.3 is 0 Å². The number of hydrogen-bond donors (Lipinski definition) is 2. The molecule has 1 unspecified atom stereocenters. The summed E-state index contributed by atoms with van der Waals surface area (Å²) < 4.78 is 0. The number of anilines is 1. The minimum absolute atomic E-state index is 0.131. The summed E-state index contributed by atoms with van der Waals surface area (Å²) in [5.74, 6) is 0. The number of benzene rings is 1. The maximum Gasteiger partial charge on any atom is 0.0994 e. The van der Waals surface area contributed by atoms with Crippen molar-refractivity contribution in [2.24, 2.45) is 5.73 Å². The van der Waals surface area contributed by atoms with Crippen LogP contribution in [0.4, 0.5) is 5.69 Å². The zero-order valence-electron chi connectivity index (χ0n) is 8.54. The molecular weight excluding hydrogens is 174 g/mol. The van der Waals surface area contributed by atoms with Crippen LogP contribution >= 0.6 is 0 Å². The van der Waals surface area contributed by atoms with Crippen molar-refractivity contribution in [1.82, 2.24) is 0 Å². The molecule has 74 valence electrons. The molecule has 3 heteroatoms. The van der Waals surface area contributed by atoms with Gasteiger partial charge in [0.15, 0.2) is 0 Å². The van der Waals surface area contributed by atoms with Crippen molar-refractivity contribution in [1.29, 1.82) is 5.26 Å². The number of aryl methyl sites for hydroxylation is 1. The van der Waals surface area contributed by atoms with Gasteiger partial charge in [0.2, 0.25) is 0 Å². The molecule has 0 amide bonds. The number of nitrogens with zero attached hydrogens (tertiary/aromatic N) is 1. The van der Waals surface area contributed by atoms with Crippen molar-refractivity contribution in [2.45, 2.75) is 19.9 Å². The number of nitriles is 1. The highest BCUT2D eigenvalue weighted by Crippen LogP contribution is 2.13. The van der Waals surface area contributed by atoms with Crippen molar-refractivity contribution in [3.05, 3.63) is 29.3 Å². The fourth-order valence-corrected chi connectivity index (χ4v) is 1.18. The standard InChI is InChI=1S/C11H15N3/c1-8-5-11(14-7-9(2)13)4-3-10(8)6-12/h3-5,9,14H,7,13H2,1-2H3. The van der Waals surface area contributed by atoms with E-state index >= 15 is 0 Å². The van der Waals surface area contributed by atoms with Crippen molar-refractivity contribution in [3.63, 3.8) is 0 Å². The zero-order chi connectivity index (χ0) is 10.6. The molecule has 3 nitrogen and oxygen atoms in total. The van der Waals surface area contributed by atoms with Gasteiger partial charge in [-0.25, -0.2) is 0 Å². The number of nitrogens with two attached hydrogens (primary N) is 1. The quantitative estimate of drug-likeness (QED) is 0.759. The Labute approximate surface area is 84.5 Å². The lowest BCUT2D eigenvalue weighted by molar-refractivity contribution is 0.780. The van der Waals surface area contributed by atoms with Gasteiger partial charge in [0.05, 0.1) is 11.6 Å². The molecule has 0 spiro atoms. The van der Waals surface area contributed by atoms with Gasteiger partial charge in [0, 0.05) is 18.3 Å². The van der Waals surface area contributed by atoms with E-state index in [2.05, 4.69) is 11.4 Å². The van der Waals surface area contributed by atoms with E-state index in [0.717, 1.165) is 23.4 Å². The van der Waals surface area contributed by atoms with Gasteiger partial charge in [-0.2, -0.15) is 5.26 Å².